The van der Waals surface area contributed by atoms with Crippen molar-refractivity contribution in [3.63, 3.8) is 0 Å². The van der Waals surface area contributed by atoms with Gasteiger partial charge in [0, 0.05) is 17.5 Å². The van der Waals surface area contributed by atoms with E-state index in [4.69, 9.17) is 4.74 Å². The summed E-state index contributed by atoms with van der Waals surface area (Å²) in [4.78, 5) is 11.7. The standard InChI is InChI=1S/C16H20O2/c1-11-5-7-12(8-6-11)18-16-4-2-3-13-14(16)9-10-15(13)17/h2-4,11-12H,5-10H2,1H3. The Hall–Kier alpha value is -1.31. The first-order chi connectivity index (χ1) is 8.74. The van der Waals surface area contributed by atoms with Gasteiger partial charge >= 0.3 is 0 Å². The van der Waals surface area contributed by atoms with Crippen LogP contribution >= 0.6 is 0 Å². The molecule has 0 saturated heterocycles. The average molecular weight is 244 g/mol. The van der Waals surface area contributed by atoms with E-state index in [0.717, 1.165) is 42.1 Å². The van der Waals surface area contributed by atoms with Crippen LogP contribution in [0.5, 0.6) is 5.75 Å². The predicted molar refractivity (Wildman–Crippen MR) is 71.1 cm³/mol. The van der Waals surface area contributed by atoms with Crippen molar-refractivity contribution >= 4 is 5.78 Å². The Balaban J connectivity index is 1.76. The molecule has 1 saturated carbocycles. The van der Waals surface area contributed by atoms with E-state index in [2.05, 4.69) is 6.92 Å². The molecule has 2 nitrogen and oxygen atoms in total. The van der Waals surface area contributed by atoms with Crippen molar-refractivity contribution in [1.29, 1.82) is 0 Å². The molecule has 0 spiro atoms. The van der Waals surface area contributed by atoms with Crippen LogP contribution in [-0.2, 0) is 6.42 Å². The average Bonchev–Trinajstić information content (AvgIpc) is 2.76. The van der Waals surface area contributed by atoms with E-state index in [-0.39, 0.29) is 5.78 Å². The Morgan fingerprint density at radius 1 is 1.11 bits per heavy atom. The number of hydrogen-bond acceptors (Lipinski definition) is 2. The predicted octanol–water partition coefficient (Wildman–Crippen LogP) is 3.77. The van der Waals surface area contributed by atoms with Gasteiger partial charge in [0.15, 0.2) is 5.78 Å². The molecule has 1 aromatic rings. The minimum atomic E-state index is 0.271. The fraction of sp³-hybridized carbons (Fsp3) is 0.562. The summed E-state index contributed by atoms with van der Waals surface area (Å²) < 4.78 is 6.14. The maximum atomic E-state index is 11.7. The monoisotopic (exact) mass is 244 g/mol. The number of benzene rings is 1. The lowest BCUT2D eigenvalue weighted by molar-refractivity contribution is 0.0994. The molecular formula is C16H20O2. The van der Waals surface area contributed by atoms with Gasteiger partial charge in [-0.3, -0.25) is 4.79 Å². The molecular weight excluding hydrogens is 224 g/mol. The van der Waals surface area contributed by atoms with E-state index >= 15 is 0 Å². The normalized spacial score (nSPS) is 27.1. The molecule has 0 aromatic heterocycles. The molecule has 0 amide bonds. The third kappa shape index (κ3) is 2.16. The molecule has 0 aliphatic heterocycles. The Morgan fingerprint density at radius 3 is 2.67 bits per heavy atom. The minimum absolute atomic E-state index is 0.271. The molecule has 0 N–H and O–H groups in total. The molecule has 0 radical (unpaired) electrons. The number of carbonyl (C=O) groups excluding carboxylic acids is 1. The molecule has 0 unspecified atom stereocenters. The second-order valence-corrected chi connectivity index (χ2v) is 5.71. The van der Waals surface area contributed by atoms with Crippen LogP contribution in [-0.4, -0.2) is 11.9 Å². The largest absolute Gasteiger partial charge is 0.490 e. The van der Waals surface area contributed by atoms with Gasteiger partial charge in [-0.05, 0) is 44.1 Å². The Morgan fingerprint density at radius 2 is 1.89 bits per heavy atom. The highest BCUT2D eigenvalue weighted by Crippen LogP contribution is 2.33. The van der Waals surface area contributed by atoms with E-state index in [1.165, 1.54) is 12.8 Å². The lowest BCUT2D eigenvalue weighted by Gasteiger charge is -2.27. The van der Waals surface area contributed by atoms with Crippen molar-refractivity contribution in [3.05, 3.63) is 29.3 Å². The van der Waals surface area contributed by atoms with Gasteiger partial charge in [0.2, 0.25) is 0 Å². The lowest BCUT2D eigenvalue weighted by atomic mass is 9.89. The molecule has 18 heavy (non-hydrogen) atoms. The fourth-order valence-corrected chi connectivity index (χ4v) is 3.10. The maximum Gasteiger partial charge on any atom is 0.163 e. The molecule has 96 valence electrons. The van der Waals surface area contributed by atoms with E-state index in [0.29, 0.717) is 12.5 Å². The van der Waals surface area contributed by atoms with E-state index < -0.39 is 0 Å². The summed E-state index contributed by atoms with van der Waals surface area (Å²) >= 11 is 0. The Kier molecular flexibility index (Phi) is 3.11. The fourth-order valence-electron chi connectivity index (χ4n) is 3.10. The summed E-state index contributed by atoms with van der Waals surface area (Å²) in [5, 5.41) is 0. The number of Topliss-reactive ketones (excluding diaryl/α,β-unsaturated/α-hetero) is 1. The van der Waals surface area contributed by atoms with Crippen LogP contribution in [0.2, 0.25) is 0 Å². The van der Waals surface area contributed by atoms with Gasteiger partial charge in [-0.15, -0.1) is 0 Å². The number of fused-ring (bicyclic) bond motifs is 1. The van der Waals surface area contributed by atoms with Crippen molar-refractivity contribution in [2.75, 3.05) is 0 Å². The minimum Gasteiger partial charge on any atom is -0.490 e. The third-order valence-corrected chi connectivity index (χ3v) is 4.29. The SMILES string of the molecule is CC1CCC(Oc2cccc3c2CCC3=O)CC1. The van der Waals surface area contributed by atoms with Gasteiger partial charge in [0.05, 0.1) is 6.10 Å². The summed E-state index contributed by atoms with van der Waals surface area (Å²) in [7, 11) is 0. The summed E-state index contributed by atoms with van der Waals surface area (Å²) in [6.45, 7) is 2.31. The van der Waals surface area contributed by atoms with Crippen LogP contribution < -0.4 is 4.74 Å². The van der Waals surface area contributed by atoms with Crippen LogP contribution in [0.3, 0.4) is 0 Å². The van der Waals surface area contributed by atoms with Crippen molar-refractivity contribution in [1.82, 2.24) is 0 Å². The zero-order chi connectivity index (χ0) is 12.5. The molecule has 3 rings (SSSR count). The lowest BCUT2D eigenvalue weighted by Crippen LogP contribution is -2.23. The number of ketones is 1. The second-order valence-electron chi connectivity index (χ2n) is 5.71. The number of ether oxygens (including phenoxy) is 1. The van der Waals surface area contributed by atoms with E-state index in [1.807, 2.05) is 18.2 Å². The summed E-state index contributed by atoms with van der Waals surface area (Å²) in [5.74, 6) is 2.07. The zero-order valence-electron chi connectivity index (χ0n) is 10.9. The van der Waals surface area contributed by atoms with Gasteiger partial charge in [0.1, 0.15) is 5.75 Å². The molecule has 2 aliphatic carbocycles. The molecule has 0 heterocycles. The highest BCUT2D eigenvalue weighted by molar-refractivity contribution is 6.01. The van der Waals surface area contributed by atoms with Crippen molar-refractivity contribution in [2.24, 2.45) is 5.92 Å². The third-order valence-electron chi connectivity index (χ3n) is 4.29. The van der Waals surface area contributed by atoms with Gasteiger partial charge in [0.25, 0.3) is 0 Å². The summed E-state index contributed by atoms with van der Waals surface area (Å²) in [6, 6.07) is 5.90. The molecule has 2 aliphatic rings. The van der Waals surface area contributed by atoms with E-state index in [9.17, 15) is 4.79 Å². The van der Waals surface area contributed by atoms with Crippen molar-refractivity contribution in [2.45, 2.75) is 51.6 Å². The summed E-state index contributed by atoms with van der Waals surface area (Å²) in [6.07, 6.45) is 6.68. The first-order valence-corrected chi connectivity index (χ1v) is 7.06. The zero-order valence-corrected chi connectivity index (χ0v) is 10.9. The number of carbonyl (C=O) groups is 1. The van der Waals surface area contributed by atoms with Crippen molar-refractivity contribution < 1.29 is 9.53 Å². The van der Waals surface area contributed by atoms with Gasteiger partial charge in [-0.25, -0.2) is 0 Å². The second kappa shape index (κ2) is 4.75. The molecule has 2 heteroatoms. The quantitative estimate of drug-likeness (QED) is 0.791. The van der Waals surface area contributed by atoms with Crippen LogP contribution in [0.25, 0.3) is 0 Å². The van der Waals surface area contributed by atoms with Gasteiger partial charge < -0.3 is 4.74 Å². The van der Waals surface area contributed by atoms with Crippen LogP contribution in [0.1, 0.15) is 54.9 Å². The molecule has 1 fully saturated rings. The smallest absolute Gasteiger partial charge is 0.163 e. The molecule has 0 bridgehead atoms. The molecule has 1 aromatic carbocycles. The first kappa shape index (κ1) is 11.8. The molecule has 0 atom stereocenters. The Bertz CT molecular complexity index is 456. The highest BCUT2D eigenvalue weighted by atomic mass is 16.5. The number of hydrogen-bond donors (Lipinski definition) is 0. The van der Waals surface area contributed by atoms with Gasteiger partial charge in [-0.1, -0.05) is 19.1 Å². The van der Waals surface area contributed by atoms with Crippen LogP contribution in [0.4, 0.5) is 0 Å². The van der Waals surface area contributed by atoms with Crippen LogP contribution in [0.15, 0.2) is 18.2 Å². The van der Waals surface area contributed by atoms with Gasteiger partial charge in [-0.2, -0.15) is 0 Å². The van der Waals surface area contributed by atoms with Crippen LogP contribution in [0, 0.1) is 5.92 Å². The van der Waals surface area contributed by atoms with Crippen molar-refractivity contribution in [3.8, 4) is 5.75 Å². The Labute approximate surface area is 108 Å². The topological polar surface area (TPSA) is 26.3 Å². The summed E-state index contributed by atoms with van der Waals surface area (Å²) in [5.41, 5.74) is 2.03. The highest BCUT2D eigenvalue weighted by Gasteiger charge is 2.25. The maximum absolute atomic E-state index is 11.7. The number of rotatable bonds is 2. The van der Waals surface area contributed by atoms with E-state index in [1.54, 1.807) is 0 Å². The first-order valence-electron chi connectivity index (χ1n) is 7.06.